The molecule has 0 atom stereocenters. The van der Waals surface area contributed by atoms with E-state index < -0.39 is 0 Å². The average molecular weight is 303 g/mol. The van der Waals surface area contributed by atoms with E-state index in [0.29, 0.717) is 22.4 Å². The Morgan fingerprint density at radius 1 is 0.870 bits per heavy atom. The maximum atomic E-state index is 12.8. The smallest absolute Gasteiger partial charge is 0.267 e. The third-order valence-corrected chi connectivity index (χ3v) is 3.50. The maximum absolute atomic E-state index is 12.8. The number of rotatable bonds is 1. The van der Waals surface area contributed by atoms with Crippen LogP contribution in [0.15, 0.2) is 48.5 Å². The van der Waals surface area contributed by atoms with E-state index in [1.165, 1.54) is 4.90 Å². The minimum atomic E-state index is -0.310. The van der Waals surface area contributed by atoms with Crippen molar-refractivity contribution in [3.63, 3.8) is 0 Å². The van der Waals surface area contributed by atoms with Crippen LogP contribution in [0.3, 0.4) is 0 Å². The molecule has 0 N–H and O–H groups in total. The normalized spacial score (nSPS) is 13.6. The number of benzene rings is 2. The molecule has 0 aromatic heterocycles. The van der Waals surface area contributed by atoms with Crippen molar-refractivity contribution >= 4 is 17.5 Å². The quantitative estimate of drug-likeness (QED) is 0.592. The van der Waals surface area contributed by atoms with Gasteiger partial charge >= 0.3 is 0 Å². The summed E-state index contributed by atoms with van der Waals surface area (Å²) in [6.45, 7) is 6.02. The number of hydrogen-bond donors (Lipinski definition) is 0. The summed E-state index contributed by atoms with van der Waals surface area (Å²) in [6, 6.07) is 14.2. The lowest BCUT2D eigenvalue weighted by Crippen LogP contribution is -2.29. The van der Waals surface area contributed by atoms with Gasteiger partial charge in [-0.2, -0.15) is 0 Å². The van der Waals surface area contributed by atoms with Gasteiger partial charge in [0.05, 0.1) is 16.8 Å². The highest BCUT2D eigenvalue weighted by molar-refractivity contribution is 6.35. The number of anilines is 1. The first-order valence-corrected chi connectivity index (χ1v) is 7.48. The fourth-order valence-corrected chi connectivity index (χ4v) is 2.46. The van der Waals surface area contributed by atoms with Crippen molar-refractivity contribution in [2.24, 2.45) is 5.41 Å². The van der Waals surface area contributed by atoms with Gasteiger partial charge in [0, 0.05) is 11.0 Å². The molecule has 0 radical (unpaired) electrons. The molecule has 0 saturated heterocycles. The molecule has 23 heavy (non-hydrogen) atoms. The lowest BCUT2D eigenvalue weighted by atomic mass is 9.96. The first kappa shape index (κ1) is 15.1. The zero-order chi connectivity index (χ0) is 16.6. The molecule has 0 spiro atoms. The highest BCUT2D eigenvalue weighted by atomic mass is 16.2. The SMILES string of the molecule is CC(C)(C)C#Cc1cccc2c1C(=O)N(c1ccccc1)C2=O. The van der Waals surface area contributed by atoms with Crippen molar-refractivity contribution in [3.8, 4) is 11.8 Å². The number of fused-ring (bicyclic) bond motifs is 1. The third-order valence-electron chi connectivity index (χ3n) is 3.50. The number of para-hydroxylation sites is 1. The molecule has 1 heterocycles. The monoisotopic (exact) mass is 303 g/mol. The van der Waals surface area contributed by atoms with Gasteiger partial charge in [-0.25, -0.2) is 4.90 Å². The van der Waals surface area contributed by atoms with Crippen molar-refractivity contribution in [3.05, 3.63) is 65.2 Å². The molecular formula is C20H17NO2. The van der Waals surface area contributed by atoms with Gasteiger partial charge in [0.15, 0.2) is 0 Å². The van der Waals surface area contributed by atoms with Crippen LogP contribution in [0.2, 0.25) is 0 Å². The van der Waals surface area contributed by atoms with E-state index >= 15 is 0 Å². The fourth-order valence-electron chi connectivity index (χ4n) is 2.46. The van der Waals surface area contributed by atoms with E-state index in [9.17, 15) is 9.59 Å². The van der Waals surface area contributed by atoms with E-state index in [1.54, 1.807) is 42.5 Å². The number of carbonyl (C=O) groups excluding carboxylic acids is 2. The predicted molar refractivity (Wildman–Crippen MR) is 90.4 cm³/mol. The van der Waals surface area contributed by atoms with E-state index in [1.807, 2.05) is 26.8 Å². The second kappa shape index (κ2) is 5.40. The molecule has 114 valence electrons. The van der Waals surface area contributed by atoms with Gasteiger partial charge in [-0.1, -0.05) is 36.1 Å². The summed E-state index contributed by atoms with van der Waals surface area (Å²) in [7, 11) is 0. The van der Waals surface area contributed by atoms with Crippen LogP contribution < -0.4 is 4.90 Å². The summed E-state index contributed by atoms with van der Waals surface area (Å²) in [4.78, 5) is 26.6. The van der Waals surface area contributed by atoms with Gasteiger partial charge in [-0.05, 0) is 45.0 Å². The van der Waals surface area contributed by atoms with E-state index in [-0.39, 0.29) is 17.2 Å². The summed E-state index contributed by atoms with van der Waals surface area (Å²) >= 11 is 0. The maximum Gasteiger partial charge on any atom is 0.267 e. The van der Waals surface area contributed by atoms with Crippen molar-refractivity contribution in [2.45, 2.75) is 20.8 Å². The molecule has 1 aliphatic heterocycles. The molecule has 3 heteroatoms. The van der Waals surface area contributed by atoms with Crippen LogP contribution >= 0.6 is 0 Å². The lowest BCUT2D eigenvalue weighted by Gasteiger charge is -2.13. The number of hydrogen-bond acceptors (Lipinski definition) is 2. The largest absolute Gasteiger partial charge is 0.268 e. The molecule has 3 nitrogen and oxygen atoms in total. The van der Waals surface area contributed by atoms with Crippen molar-refractivity contribution < 1.29 is 9.59 Å². The number of carbonyl (C=O) groups is 2. The van der Waals surface area contributed by atoms with Crippen molar-refractivity contribution in [1.29, 1.82) is 0 Å². The predicted octanol–water partition coefficient (Wildman–Crippen LogP) is 3.88. The van der Waals surface area contributed by atoms with Crippen molar-refractivity contribution in [1.82, 2.24) is 0 Å². The fraction of sp³-hybridized carbons (Fsp3) is 0.200. The topological polar surface area (TPSA) is 37.4 Å². The molecule has 2 aromatic carbocycles. The summed E-state index contributed by atoms with van der Waals surface area (Å²) in [5, 5.41) is 0. The van der Waals surface area contributed by atoms with E-state index in [0.717, 1.165) is 0 Å². The van der Waals surface area contributed by atoms with Crippen LogP contribution in [-0.4, -0.2) is 11.8 Å². The molecule has 0 bridgehead atoms. The average Bonchev–Trinajstić information content (AvgIpc) is 2.77. The van der Waals surface area contributed by atoms with Crippen LogP contribution in [0.25, 0.3) is 0 Å². The third kappa shape index (κ3) is 2.76. The summed E-state index contributed by atoms with van der Waals surface area (Å²) in [5.41, 5.74) is 1.83. The van der Waals surface area contributed by atoms with E-state index in [2.05, 4.69) is 11.8 Å². The van der Waals surface area contributed by atoms with Gasteiger partial charge in [0.1, 0.15) is 0 Å². The van der Waals surface area contributed by atoms with Crippen LogP contribution in [-0.2, 0) is 0 Å². The minimum Gasteiger partial charge on any atom is -0.268 e. The molecule has 0 aliphatic carbocycles. The Bertz CT molecular complexity index is 849. The summed E-state index contributed by atoms with van der Waals surface area (Å²) in [6.07, 6.45) is 0. The van der Waals surface area contributed by atoms with Gasteiger partial charge < -0.3 is 0 Å². The van der Waals surface area contributed by atoms with Crippen LogP contribution in [0.5, 0.6) is 0 Å². The lowest BCUT2D eigenvalue weighted by molar-refractivity contribution is 0.0926. The van der Waals surface area contributed by atoms with Crippen LogP contribution in [0.4, 0.5) is 5.69 Å². The van der Waals surface area contributed by atoms with Gasteiger partial charge in [-0.15, -0.1) is 0 Å². The molecule has 1 aliphatic rings. The summed E-state index contributed by atoms with van der Waals surface area (Å²) in [5.74, 6) is 5.58. The number of amides is 2. The zero-order valence-electron chi connectivity index (χ0n) is 13.4. The Morgan fingerprint density at radius 3 is 2.22 bits per heavy atom. The standard InChI is InChI=1S/C20H17NO2/c1-20(2,3)13-12-14-8-7-11-16-17(14)19(23)21(18(16)22)15-9-5-4-6-10-15/h4-11H,1-3H3. The molecule has 0 saturated carbocycles. The highest BCUT2D eigenvalue weighted by Gasteiger charge is 2.38. The second-order valence-electron chi connectivity index (χ2n) is 6.51. The molecule has 0 fully saturated rings. The molecule has 2 aromatic rings. The molecule has 2 amide bonds. The molecule has 3 rings (SSSR count). The van der Waals surface area contributed by atoms with Gasteiger partial charge in [0.25, 0.3) is 11.8 Å². The Labute approximate surface area is 135 Å². The minimum absolute atomic E-state index is 0.173. The Hall–Kier alpha value is -2.86. The number of imide groups is 1. The van der Waals surface area contributed by atoms with Crippen LogP contribution in [0, 0.1) is 17.3 Å². The highest BCUT2D eigenvalue weighted by Crippen LogP contribution is 2.30. The Balaban J connectivity index is 2.11. The van der Waals surface area contributed by atoms with Gasteiger partial charge in [0.2, 0.25) is 0 Å². The second-order valence-corrected chi connectivity index (χ2v) is 6.51. The number of nitrogens with zero attached hydrogens (tertiary/aromatic N) is 1. The van der Waals surface area contributed by atoms with Gasteiger partial charge in [-0.3, -0.25) is 9.59 Å². The van der Waals surface area contributed by atoms with E-state index in [4.69, 9.17) is 0 Å². The Morgan fingerprint density at radius 2 is 1.57 bits per heavy atom. The Kier molecular flexibility index (Phi) is 3.54. The van der Waals surface area contributed by atoms with Crippen LogP contribution in [0.1, 0.15) is 47.1 Å². The summed E-state index contributed by atoms with van der Waals surface area (Å²) < 4.78 is 0. The van der Waals surface area contributed by atoms with Crippen molar-refractivity contribution in [2.75, 3.05) is 4.90 Å². The molecule has 0 unspecified atom stereocenters. The first-order valence-electron chi connectivity index (χ1n) is 7.48. The first-order chi connectivity index (χ1) is 10.9. The zero-order valence-corrected chi connectivity index (χ0v) is 13.4. The molecular weight excluding hydrogens is 286 g/mol.